The van der Waals surface area contributed by atoms with Gasteiger partial charge in [-0.05, 0) is 38.1 Å². The summed E-state index contributed by atoms with van der Waals surface area (Å²) in [7, 11) is 0. The van der Waals surface area contributed by atoms with Crippen LogP contribution < -0.4 is 26.4 Å². The number of morpholine rings is 1. The largest absolute Gasteiger partial charge is 0.378 e. The molecule has 0 aliphatic carbocycles. The number of hydrogen-bond acceptors (Lipinski definition) is 7. The van der Waals surface area contributed by atoms with Crippen LogP contribution in [-0.2, 0) is 4.74 Å². The molecule has 1 fully saturated rings. The molecular weight excluding hydrogens is 408 g/mol. The highest BCUT2D eigenvalue weighted by atomic mass is 32.1. The van der Waals surface area contributed by atoms with Crippen LogP contribution in [0.15, 0.2) is 29.6 Å². The minimum Gasteiger partial charge on any atom is -0.378 e. The van der Waals surface area contributed by atoms with E-state index in [1.807, 2.05) is 13.8 Å². The Bertz CT molecular complexity index is 893. The molecule has 1 aromatic carbocycles. The van der Waals surface area contributed by atoms with Crippen LogP contribution in [0.4, 0.5) is 15.6 Å². The Labute approximate surface area is 178 Å². The summed E-state index contributed by atoms with van der Waals surface area (Å²) < 4.78 is 5.31. The summed E-state index contributed by atoms with van der Waals surface area (Å²) in [6.45, 7) is 6.44. The van der Waals surface area contributed by atoms with Gasteiger partial charge in [0.15, 0.2) is 5.13 Å². The third-order valence-corrected chi connectivity index (χ3v) is 5.02. The maximum absolute atomic E-state index is 12.3. The predicted octanol–water partition coefficient (Wildman–Crippen LogP) is 1.58. The highest BCUT2D eigenvalue weighted by Crippen LogP contribution is 2.21. The lowest BCUT2D eigenvalue weighted by atomic mass is 10.2. The summed E-state index contributed by atoms with van der Waals surface area (Å²) in [5, 5.41) is 7.78. The van der Waals surface area contributed by atoms with Crippen LogP contribution in [0.3, 0.4) is 0 Å². The van der Waals surface area contributed by atoms with Crippen molar-refractivity contribution in [1.82, 2.24) is 21.2 Å². The number of nitrogens with zero attached hydrogens (tertiary/aromatic N) is 2. The molecule has 1 aliphatic heterocycles. The van der Waals surface area contributed by atoms with Gasteiger partial charge in [-0.15, -0.1) is 11.3 Å². The molecule has 0 saturated carbocycles. The SMILES string of the molecule is CC(C)NC(=O)Nc1ccc(C(=O)NNC(=O)c2csc(N3CCOCC3)n2)cc1. The number of rotatable bonds is 5. The maximum atomic E-state index is 12.3. The van der Waals surface area contributed by atoms with Gasteiger partial charge in [0.1, 0.15) is 5.69 Å². The molecule has 3 rings (SSSR count). The van der Waals surface area contributed by atoms with Crippen molar-refractivity contribution in [3.63, 3.8) is 0 Å². The van der Waals surface area contributed by atoms with E-state index in [1.165, 1.54) is 11.3 Å². The fourth-order valence-electron chi connectivity index (χ4n) is 2.65. The molecule has 30 heavy (non-hydrogen) atoms. The monoisotopic (exact) mass is 432 g/mol. The third kappa shape index (κ3) is 5.91. The average Bonchev–Trinajstić information content (AvgIpc) is 3.23. The summed E-state index contributed by atoms with van der Waals surface area (Å²) in [6, 6.07) is 5.99. The van der Waals surface area contributed by atoms with Crippen molar-refractivity contribution >= 4 is 40.0 Å². The molecule has 10 nitrogen and oxygen atoms in total. The lowest BCUT2D eigenvalue weighted by Gasteiger charge is -2.25. The first-order valence-electron chi connectivity index (χ1n) is 9.49. The number of carbonyl (C=O) groups is 3. The summed E-state index contributed by atoms with van der Waals surface area (Å²) in [4.78, 5) is 42.6. The van der Waals surface area contributed by atoms with E-state index in [9.17, 15) is 14.4 Å². The van der Waals surface area contributed by atoms with Crippen LogP contribution in [0.2, 0.25) is 0 Å². The minimum atomic E-state index is -0.497. The van der Waals surface area contributed by atoms with Crippen molar-refractivity contribution in [3.05, 3.63) is 40.9 Å². The molecule has 1 aliphatic rings. The lowest BCUT2D eigenvalue weighted by Crippen LogP contribution is -2.42. The quantitative estimate of drug-likeness (QED) is 0.532. The molecule has 0 radical (unpaired) electrons. The molecule has 1 saturated heterocycles. The molecule has 160 valence electrons. The summed E-state index contributed by atoms with van der Waals surface area (Å²) in [5.41, 5.74) is 5.84. The van der Waals surface area contributed by atoms with Gasteiger partial charge in [-0.1, -0.05) is 0 Å². The van der Waals surface area contributed by atoms with E-state index in [0.29, 0.717) is 24.5 Å². The van der Waals surface area contributed by atoms with Crippen LogP contribution in [0.5, 0.6) is 0 Å². The Morgan fingerprint density at radius 3 is 2.40 bits per heavy atom. The second-order valence-corrected chi connectivity index (χ2v) is 7.69. The number of hydrogen-bond donors (Lipinski definition) is 4. The van der Waals surface area contributed by atoms with Gasteiger partial charge in [0.05, 0.1) is 13.2 Å². The van der Waals surface area contributed by atoms with Crippen LogP contribution in [0.1, 0.15) is 34.7 Å². The van der Waals surface area contributed by atoms with Crippen molar-refractivity contribution in [3.8, 4) is 0 Å². The molecule has 0 bridgehead atoms. The Hall–Kier alpha value is -3.18. The first-order chi connectivity index (χ1) is 14.4. The predicted molar refractivity (Wildman–Crippen MR) is 114 cm³/mol. The van der Waals surface area contributed by atoms with Crippen molar-refractivity contribution < 1.29 is 19.1 Å². The second-order valence-electron chi connectivity index (χ2n) is 6.85. The first kappa shape index (κ1) is 21.5. The Balaban J connectivity index is 1.49. The fourth-order valence-corrected chi connectivity index (χ4v) is 3.51. The highest BCUT2D eigenvalue weighted by Gasteiger charge is 2.18. The standard InChI is InChI=1S/C19H24N6O4S/c1-12(2)20-18(28)21-14-5-3-13(4-6-14)16(26)23-24-17(27)15-11-30-19(22-15)25-7-9-29-10-8-25/h3-6,11-12H,7-10H2,1-2H3,(H,23,26)(H,24,27)(H2,20,21,28). The van der Waals surface area contributed by atoms with Gasteiger partial charge < -0.3 is 20.3 Å². The van der Waals surface area contributed by atoms with E-state index in [4.69, 9.17) is 4.74 Å². The molecule has 0 spiro atoms. The van der Waals surface area contributed by atoms with Crippen LogP contribution in [0, 0.1) is 0 Å². The van der Waals surface area contributed by atoms with Crippen molar-refractivity contribution in [1.29, 1.82) is 0 Å². The number of aromatic nitrogens is 1. The normalized spacial score (nSPS) is 13.6. The van der Waals surface area contributed by atoms with Gasteiger partial charge in [0.2, 0.25) is 0 Å². The number of thiazole rings is 1. The minimum absolute atomic E-state index is 0.0151. The zero-order valence-electron chi connectivity index (χ0n) is 16.7. The van der Waals surface area contributed by atoms with Crippen LogP contribution in [-0.4, -0.2) is 55.2 Å². The molecule has 11 heteroatoms. The smallest absolute Gasteiger partial charge is 0.319 e. The lowest BCUT2D eigenvalue weighted by molar-refractivity contribution is 0.0844. The summed E-state index contributed by atoms with van der Waals surface area (Å²) in [6.07, 6.45) is 0. The third-order valence-electron chi connectivity index (χ3n) is 4.12. The van der Waals surface area contributed by atoms with E-state index in [0.717, 1.165) is 18.2 Å². The van der Waals surface area contributed by atoms with Gasteiger partial charge in [-0.3, -0.25) is 20.4 Å². The molecule has 0 unspecified atom stereocenters. The molecule has 0 atom stereocenters. The maximum Gasteiger partial charge on any atom is 0.319 e. The second kappa shape index (κ2) is 10.0. The Kier molecular flexibility index (Phi) is 7.20. The van der Waals surface area contributed by atoms with Gasteiger partial charge in [0.25, 0.3) is 11.8 Å². The van der Waals surface area contributed by atoms with E-state index < -0.39 is 11.8 Å². The highest BCUT2D eigenvalue weighted by molar-refractivity contribution is 7.13. The van der Waals surface area contributed by atoms with E-state index >= 15 is 0 Å². The summed E-state index contributed by atoms with van der Waals surface area (Å²) in [5.74, 6) is -0.979. The van der Waals surface area contributed by atoms with Crippen molar-refractivity contribution in [2.45, 2.75) is 19.9 Å². The van der Waals surface area contributed by atoms with E-state index in [1.54, 1.807) is 29.6 Å². The number of benzene rings is 1. The number of ether oxygens (including phenoxy) is 1. The number of urea groups is 1. The van der Waals surface area contributed by atoms with Crippen LogP contribution in [0.25, 0.3) is 0 Å². The van der Waals surface area contributed by atoms with Crippen molar-refractivity contribution in [2.24, 2.45) is 0 Å². The first-order valence-corrected chi connectivity index (χ1v) is 10.4. The van der Waals surface area contributed by atoms with E-state index in [2.05, 4.69) is 31.4 Å². The van der Waals surface area contributed by atoms with Gasteiger partial charge in [0, 0.05) is 35.8 Å². The number of anilines is 2. The average molecular weight is 433 g/mol. The zero-order valence-corrected chi connectivity index (χ0v) is 17.5. The number of hydrazine groups is 1. The molecule has 2 heterocycles. The number of carbonyl (C=O) groups excluding carboxylic acids is 3. The van der Waals surface area contributed by atoms with Gasteiger partial charge in [-0.25, -0.2) is 9.78 Å². The molecule has 1 aromatic heterocycles. The zero-order chi connectivity index (χ0) is 21.5. The molecule has 4 N–H and O–H groups in total. The fraction of sp³-hybridized carbons (Fsp3) is 0.368. The van der Waals surface area contributed by atoms with E-state index in [-0.39, 0.29) is 17.8 Å². The van der Waals surface area contributed by atoms with Gasteiger partial charge >= 0.3 is 6.03 Å². The molecule has 2 aromatic rings. The Morgan fingerprint density at radius 1 is 1.07 bits per heavy atom. The number of nitrogens with one attached hydrogen (secondary N) is 4. The Morgan fingerprint density at radius 2 is 1.73 bits per heavy atom. The topological polar surface area (TPSA) is 125 Å². The molecular formula is C19H24N6O4S. The number of amides is 4. The van der Waals surface area contributed by atoms with Gasteiger partial charge in [-0.2, -0.15) is 0 Å². The van der Waals surface area contributed by atoms with Crippen LogP contribution >= 0.6 is 11.3 Å². The molecule has 4 amide bonds. The summed E-state index contributed by atoms with van der Waals surface area (Å²) >= 11 is 1.37. The van der Waals surface area contributed by atoms with Crippen molar-refractivity contribution in [2.75, 3.05) is 36.5 Å².